The highest BCUT2D eigenvalue weighted by atomic mass is 28.6. The first-order valence-electron chi connectivity index (χ1n) is 36.4. The fourth-order valence-electron chi connectivity index (χ4n) is 9.71. The molecule has 4 aromatic carbocycles. The van der Waals surface area contributed by atoms with E-state index in [0.717, 1.165) is 20.7 Å². The Morgan fingerprint density at radius 2 is 0.356 bits per heavy atom. The van der Waals surface area contributed by atoms with Crippen molar-refractivity contribution in [1.29, 1.82) is 0 Å². The Morgan fingerprint density at radius 3 is 0.545 bits per heavy atom. The molecule has 20 nitrogen and oxygen atoms in total. The molecular weight excluding hydrogens is 1660 g/mol. The molecule has 4 rings (SSSR count). The third-order valence-electron chi connectivity index (χ3n) is 11.8. The van der Waals surface area contributed by atoms with Gasteiger partial charge in [0.1, 0.15) is 0 Å². The van der Waals surface area contributed by atoms with Crippen LogP contribution in [0.25, 0.3) is 0 Å². The van der Waals surface area contributed by atoms with Crippen LogP contribution in [0.3, 0.4) is 0 Å². The molecule has 0 heterocycles. The molecule has 0 aliphatic rings. The Labute approximate surface area is 648 Å². The summed E-state index contributed by atoms with van der Waals surface area (Å²) in [7, 11) is -46.0. The number of benzene rings is 4. The molecular formula is C58H138O20Si23. The summed E-state index contributed by atoms with van der Waals surface area (Å²) in [5, 5.41) is 3.93. The molecule has 1 N–H and O–H groups in total. The quantitative estimate of drug-likeness (QED) is 0.0414. The summed E-state index contributed by atoms with van der Waals surface area (Å²) < 4.78 is 123. The van der Waals surface area contributed by atoms with Gasteiger partial charge in [-0.15, -0.1) is 0 Å². The number of rotatable bonds is 42. The van der Waals surface area contributed by atoms with E-state index in [0.29, 0.717) is 0 Å². The fourth-order valence-corrected chi connectivity index (χ4v) is 80.3. The lowest BCUT2D eigenvalue weighted by molar-refractivity contribution is 0.112. The zero-order valence-electron chi connectivity index (χ0n) is 68.4. The van der Waals surface area contributed by atoms with Gasteiger partial charge in [0.15, 0.2) is 136 Å². The topological polar surface area (TPSA) is 196 Å². The lowest BCUT2D eigenvalue weighted by Crippen LogP contribution is -2.70. The number of hydrogen-bond donors (Lipinski definition) is 1. The van der Waals surface area contributed by atoms with Crippen LogP contribution in [0.2, 0.25) is 223 Å². The van der Waals surface area contributed by atoms with Crippen molar-refractivity contribution in [3.63, 3.8) is 0 Å². The van der Waals surface area contributed by atoms with Gasteiger partial charge in [-0.1, -0.05) is 121 Å². The summed E-state index contributed by atoms with van der Waals surface area (Å²) in [6, 6.07) is 40.2. The predicted molar refractivity (Wildman–Crippen MR) is 480 cm³/mol. The van der Waals surface area contributed by atoms with E-state index in [2.05, 4.69) is 220 Å². The molecule has 4 aromatic rings. The molecule has 0 saturated carbocycles. The van der Waals surface area contributed by atoms with Crippen LogP contribution in [-0.2, 0) is 78.2 Å². The van der Waals surface area contributed by atoms with Gasteiger partial charge in [-0.2, -0.15) is 0 Å². The highest BCUT2D eigenvalue weighted by Crippen LogP contribution is 2.30. The van der Waals surface area contributed by atoms with E-state index in [-0.39, 0.29) is 0 Å². The maximum atomic E-state index is 10.6. The third-order valence-corrected chi connectivity index (χ3v) is 74.5. The predicted octanol–water partition coefficient (Wildman–Crippen LogP) is 8.66. The van der Waals surface area contributed by atoms with Crippen LogP contribution in [0.5, 0.6) is 0 Å². The van der Waals surface area contributed by atoms with Crippen molar-refractivity contribution >= 4 is 227 Å². The maximum absolute atomic E-state index is 10.6. The Kier molecular flexibility index (Phi) is 47.7. The van der Waals surface area contributed by atoms with Gasteiger partial charge >= 0.3 is 70.4 Å². The first kappa shape index (κ1) is 100. The van der Waals surface area contributed by atoms with Gasteiger partial charge in [-0.25, -0.2) is 0 Å². The molecule has 0 saturated heterocycles. The minimum atomic E-state index is -3.33. The van der Waals surface area contributed by atoms with Gasteiger partial charge in [0.05, 0.1) is 0 Å². The fraction of sp³-hybridized carbons (Fsp3) is 0.586. The Morgan fingerprint density at radius 1 is 0.198 bits per heavy atom. The molecule has 0 bridgehead atoms. The lowest BCUT2D eigenvalue weighted by atomic mass is 10.4. The van der Waals surface area contributed by atoms with Crippen molar-refractivity contribution in [3.8, 4) is 0 Å². The molecule has 0 atom stereocenters. The summed E-state index contributed by atoms with van der Waals surface area (Å²) in [5.41, 5.74) is 0. The zero-order chi connectivity index (χ0) is 77.5. The zero-order valence-corrected chi connectivity index (χ0v) is 93.7. The van der Waals surface area contributed by atoms with Crippen LogP contribution in [-0.4, -0.2) is 211 Å². The van der Waals surface area contributed by atoms with E-state index in [4.69, 9.17) is 78.2 Å². The van der Waals surface area contributed by atoms with Gasteiger partial charge in [0, 0.05) is 20.7 Å². The molecule has 0 unspecified atom stereocenters. The molecule has 0 fully saturated rings. The third kappa shape index (κ3) is 40.7. The lowest BCUT2D eigenvalue weighted by Gasteiger charge is -2.43. The van der Waals surface area contributed by atoms with E-state index < -0.39 is 206 Å². The van der Waals surface area contributed by atoms with Crippen molar-refractivity contribution in [2.75, 3.05) is 0 Å². The Bertz CT molecular complexity index is 2580. The first-order valence-corrected chi connectivity index (χ1v) is 94.0. The van der Waals surface area contributed by atoms with Gasteiger partial charge in [0.2, 0.25) is 0 Å². The van der Waals surface area contributed by atoms with Crippen LogP contribution in [0.15, 0.2) is 121 Å². The van der Waals surface area contributed by atoms with Crippen molar-refractivity contribution in [3.05, 3.63) is 121 Å². The molecule has 0 aliphatic heterocycles. The largest absolute Gasteiger partial charge is 0.637 e. The smallest absolute Gasteiger partial charge is 0.416 e. The highest BCUT2D eigenvalue weighted by molar-refractivity contribution is 6.96. The van der Waals surface area contributed by atoms with Crippen LogP contribution in [0.1, 0.15) is 0 Å². The second-order valence-electron chi connectivity index (χ2n) is 29.4. The van der Waals surface area contributed by atoms with E-state index in [1.54, 1.807) is 0 Å². The first-order chi connectivity index (χ1) is 46.5. The monoisotopic (exact) mass is 1800 g/mol. The van der Waals surface area contributed by atoms with E-state index in [9.17, 15) is 4.80 Å². The van der Waals surface area contributed by atoms with Crippen LogP contribution in [0, 0.1) is 0 Å². The summed E-state index contributed by atoms with van der Waals surface area (Å²) in [6.45, 7) is 72.1. The Hall–Kier alpha value is 1.07. The van der Waals surface area contributed by atoms with Crippen LogP contribution < -0.4 is 20.7 Å². The minimum absolute atomic E-state index is 0.817. The molecule has 0 radical (unpaired) electrons. The van der Waals surface area contributed by atoms with Crippen molar-refractivity contribution in [2.45, 2.75) is 223 Å². The molecule has 101 heavy (non-hydrogen) atoms. The molecule has 0 amide bonds. The SMILES string of the molecule is C[SiH](C)O[Si](O)(O[SiH](C)C)c1ccccc1.C[SiH](C)O[Si](O[SiH](C)C)(O[SiH](C)C)O[Si](C)(C)O[Si](O[SiH](C)C)(O[SiH](C)C)O[SiH](C)C.C[SiH](C)O[Si](O[SiH](C)C)(O[SiH](C)C)c1ccccc1.C[SiH](C)O[Si](O[SiH](C)C)(O[Si](C)(C)O[Si](O[SiH](C)C)(O[SiH](C)C)c1ccccc1)c1ccccc1. The molecule has 0 spiro atoms. The number of hydrogen-bond acceptors (Lipinski definition) is 20. The second-order valence-corrected chi connectivity index (χ2v) is 92.7. The van der Waals surface area contributed by atoms with Gasteiger partial charge in [0.25, 0.3) is 0 Å². The molecule has 0 aliphatic carbocycles. The van der Waals surface area contributed by atoms with E-state index >= 15 is 0 Å². The normalized spacial score (nSPS) is 13.4. The van der Waals surface area contributed by atoms with E-state index in [1.165, 1.54) is 0 Å². The summed E-state index contributed by atoms with van der Waals surface area (Å²) >= 11 is 0. The van der Waals surface area contributed by atoms with Crippen LogP contribution >= 0.6 is 0 Å². The standard InChI is InChI=1S/C22H44O6Si7.C14H48O8Si9.C12H26O3Si4.C10H20O3Si3/c1-29(2)23-34(24-30(3)4,21-17-13-11-14-18-21)27-33(9,10)28-35(25-31(5)6,26-32(7)8)22-19-15-12-16-20-22;1-23(2)15-30(16-24(3)4,17-25(5)6)21-29(13,14)22-31(18-26(7)8,19-27(9)10)20-28(11)12;1-16(2)13-19(14-17(3)4,15-18(5)6)12-10-8-7-9-11-12;1-14(2)12-16(11,13-15(3)4)10-8-6-5-7-9-10/h11-20,29-32H,1-10H3;23-28H,1-14H3;7-11,16-18H,1-6H3;5-9,11,14-15H,1-4H3. The maximum Gasteiger partial charge on any atom is 0.637 e. The second kappa shape index (κ2) is 48.1. The van der Waals surface area contributed by atoms with E-state index in [1.807, 2.05) is 124 Å². The van der Waals surface area contributed by atoms with Gasteiger partial charge < -0.3 is 83.0 Å². The van der Waals surface area contributed by atoms with Crippen LogP contribution in [0.4, 0.5) is 0 Å². The summed E-state index contributed by atoms with van der Waals surface area (Å²) in [6.07, 6.45) is 0. The van der Waals surface area contributed by atoms with Gasteiger partial charge in [-0.3, -0.25) is 0 Å². The van der Waals surface area contributed by atoms with Crippen molar-refractivity contribution < 1.29 is 83.0 Å². The van der Waals surface area contributed by atoms with Gasteiger partial charge in [-0.05, 0) is 223 Å². The summed E-state index contributed by atoms with van der Waals surface area (Å²) in [5.74, 6) is 0. The minimum Gasteiger partial charge on any atom is -0.416 e. The average Bonchev–Trinajstić information content (AvgIpc) is 0.748. The average molecular weight is 1800 g/mol. The molecule has 582 valence electrons. The summed E-state index contributed by atoms with van der Waals surface area (Å²) in [4.78, 5) is 10.6. The van der Waals surface area contributed by atoms with Crippen molar-refractivity contribution in [2.24, 2.45) is 0 Å². The highest BCUT2D eigenvalue weighted by Gasteiger charge is 2.59. The van der Waals surface area contributed by atoms with Crippen molar-refractivity contribution in [1.82, 2.24) is 0 Å². The Balaban J connectivity index is 0.000000704. The molecule has 0 aromatic heterocycles. The molecule has 43 heteroatoms.